The van der Waals surface area contributed by atoms with E-state index in [-0.39, 0.29) is 0 Å². The van der Waals surface area contributed by atoms with Gasteiger partial charge in [-0.25, -0.2) is 0 Å². The Kier molecular flexibility index (Phi) is 9.53. The molecule has 0 atom stereocenters. The first-order chi connectivity index (χ1) is 8.21. The molecule has 5 nitrogen and oxygen atoms in total. The molecule has 0 saturated carbocycles. The molecule has 0 bridgehead atoms. The molecule has 0 aromatic carbocycles. The highest BCUT2D eigenvalue weighted by Gasteiger charge is 2.11. The van der Waals surface area contributed by atoms with Crippen molar-refractivity contribution in [3.63, 3.8) is 0 Å². The fourth-order valence-corrected chi connectivity index (χ4v) is 3.82. The number of nitrogens with one attached hydrogen (secondary N) is 1. The summed E-state index contributed by atoms with van der Waals surface area (Å²) in [5.74, 6) is 0.342. The van der Waals surface area contributed by atoms with Gasteiger partial charge < -0.3 is 10.1 Å². The lowest BCUT2D eigenvalue weighted by molar-refractivity contribution is 0.137. The van der Waals surface area contributed by atoms with E-state index in [2.05, 4.69) is 25.0 Å². The van der Waals surface area contributed by atoms with Gasteiger partial charge in [-0.3, -0.25) is 4.55 Å². The monoisotopic (exact) mass is 315 g/mol. The maximum absolute atomic E-state index is 10.4. The number of ether oxygens (including phenoxy) is 1. The molecule has 0 unspecified atom stereocenters. The smallest absolute Gasteiger partial charge is 0.319 e. The van der Waals surface area contributed by atoms with Crippen LogP contribution < -0.4 is 5.32 Å². The van der Waals surface area contributed by atoms with Crippen molar-refractivity contribution in [2.24, 2.45) is 0 Å². The van der Waals surface area contributed by atoms with Crippen LogP contribution in [-0.4, -0.2) is 53.1 Å². The predicted octanol–water partition coefficient (Wildman–Crippen LogP) is 1.86. The van der Waals surface area contributed by atoms with E-state index in [0.29, 0.717) is 36.2 Å². The van der Waals surface area contributed by atoms with Crippen molar-refractivity contribution in [3.8, 4) is 0 Å². The van der Waals surface area contributed by atoms with Gasteiger partial charge in [0, 0.05) is 33.5 Å². The van der Waals surface area contributed by atoms with Crippen molar-refractivity contribution in [1.29, 1.82) is 0 Å². The van der Waals surface area contributed by atoms with Gasteiger partial charge in [0.2, 0.25) is 0 Å². The summed E-state index contributed by atoms with van der Waals surface area (Å²) in [6.45, 7) is 9.74. The van der Waals surface area contributed by atoms with Crippen LogP contribution in [0.2, 0.25) is 25.7 Å². The number of hydrogen-bond acceptors (Lipinski definition) is 5. The van der Waals surface area contributed by atoms with Gasteiger partial charge in [-0.15, -0.1) is 0 Å². The summed E-state index contributed by atoms with van der Waals surface area (Å²) in [7, 11) is -4.30. The van der Waals surface area contributed by atoms with Crippen LogP contribution >= 0.6 is 10.8 Å². The highest BCUT2D eigenvalue weighted by Crippen LogP contribution is 2.10. The van der Waals surface area contributed by atoms with Crippen LogP contribution in [-0.2, 0) is 13.9 Å². The van der Waals surface area contributed by atoms with Gasteiger partial charge in [-0.05, 0) is 17.2 Å². The summed E-state index contributed by atoms with van der Waals surface area (Å²) in [6, 6.07) is 1.28. The van der Waals surface area contributed by atoms with Gasteiger partial charge in [-0.2, -0.15) is 8.42 Å². The minimum absolute atomic E-state index is 0.342. The van der Waals surface area contributed by atoms with Crippen molar-refractivity contribution < 1.29 is 17.7 Å². The Bertz CT molecular complexity index is 303. The standard InChI is InChI=1S/C10H25NO4S2Si/c1-18(2,3)10-4-7-15-8-5-11-6-9-16-17(12,13)14/h11H,4-10H2,1-3H3,(H,12,13,14). The average molecular weight is 316 g/mol. The van der Waals surface area contributed by atoms with Crippen molar-refractivity contribution in [3.05, 3.63) is 0 Å². The topological polar surface area (TPSA) is 75.6 Å². The van der Waals surface area contributed by atoms with Gasteiger partial charge >= 0.3 is 9.15 Å². The fourth-order valence-electron chi connectivity index (χ4n) is 1.30. The molecular weight excluding hydrogens is 290 g/mol. The maximum atomic E-state index is 10.4. The van der Waals surface area contributed by atoms with E-state index in [9.17, 15) is 8.42 Å². The molecule has 0 fully saturated rings. The highest BCUT2D eigenvalue weighted by molar-refractivity contribution is 8.69. The molecule has 0 rings (SSSR count). The van der Waals surface area contributed by atoms with Gasteiger partial charge in [0.25, 0.3) is 0 Å². The molecule has 2 N–H and O–H groups in total. The quantitative estimate of drug-likeness (QED) is 0.262. The Morgan fingerprint density at radius 2 is 1.89 bits per heavy atom. The third kappa shape index (κ3) is 16.4. The van der Waals surface area contributed by atoms with E-state index in [4.69, 9.17) is 9.29 Å². The molecule has 0 radical (unpaired) electrons. The molecule has 0 aromatic heterocycles. The van der Waals surface area contributed by atoms with Crippen LogP contribution in [0.3, 0.4) is 0 Å². The Morgan fingerprint density at radius 1 is 1.22 bits per heavy atom. The Balaban J connectivity index is 3.17. The molecule has 18 heavy (non-hydrogen) atoms. The SMILES string of the molecule is C[Si](C)(C)CCCOCCNCCSS(=O)(=O)O. The second kappa shape index (κ2) is 9.32. The van der Waals surface area contributed by atoms with Crippen molar-refractivity contribution >= 4 is 28.0 Å². The summed E-state index contributed by atoms with van der Waals surface area (Å²) in [6.07, 6.45) is 1.12. The van der Waals surface area contributed by atoms with E-state index in [1.54, 1.807) is 0 Å². The van der Waals surface area contributed by atoms with E-state index >= 15 is 0 Å². The van der Waals surface area contributed by atoms with Crippen molar-refractivity contribution in [2.75, 3.05) is 32.1 Å². The molecule has 110 valence electrons. The molecule has 0 aromatic rings. The summed E-state index contributed by atoms with van der Waals surface area (Å²) in [5, 5.41) is 3.05. The summed E-state index contributed by atoms with van der Waals surface area (Å²) >= 11 is 0. The second-order valence-corrected chi connectivity index (χ2v) is 14.4. The molecule has 0 aliphatic rings. The maximum Gasteiger partial charge on any atom is 0.319 e. The number of hydrogen-bond donors (Lipinski definition) is 2. The van der Waals surface area contributed by atoms with E-state index < -0.39 is 17.2 Å². The lowest BCUT2D eigenvalue weighted by Gasteiger charge is -2.15. The van der Waals surface area contributed by atoms with E-state index in [1.165, 1.54) is 6.04 Å². The van der Waals surface area contributed by atoms with Gasteiger partial charge in [0.15, 0.2) is 0 Å². The Hall–Kier alpha value is 0.397. The minimum atomic E-state index is -3.89. The first-order valence-electron chi connectivity index (χ1n) is 6.11. The third-order valence-electron chi connectivity index (χ3n) is 2.15. The van der Waals surface area contributed by atoms with Gasteiger partial charge in [0.1, 0.15) is 0 Å². The highest BCUT2D eigenvalue weighted by atomic mass is 33.1. The zero-order valence-corrected chi connectivity index (χ0v) is 14.1. The first kappa shape index (κ1) is 18.4. The van der Waals surface area contributed by atoms with Gasteiger partial charge in [-0.1, -0.05) is 25.7 Å². The normalized spacial score (nSPS) is 12.9. The van der Waals surface area contributed by atoms with E-state index in [0.717, 1.165) is 13.0 Å². The predicted molar refractivity (Wildman–Crippen MR) is 80.5 cm³/mol. The van der Waals surface area contributed by atoms with Gasteiger partial charge in [0.05, 0.1) is 6.61 Å². The molecule has 0 spiro atoms. The van der Waals surface area contributed by atoms with E-state index in [1.807, 2.05) is 0 Å². The fraction of sp³-hybridized carbons (Fsp3) is 1.00. The Labute approximate surface area is 115 Å². The van der Waals surface area contributed by atoms with Crippen LogP contribution in [0, 0.1) is 0 Å². The molecule has 0 aliphatic carbocycles. The number of rotatable bonds is 11. The summed E-state index contributed by atoms with van der Waals surface area (Å²) in [4.78, 5) is 0. The van der Waals surface area contributed by atoms with Crippen molar-refractivity contribution in [1.82, 2.24) is 5.32 Å². The first-order valence-corrected chi connectivity index (χ1v) is 12.8. The third-order valence-corrected chi connectivity index (χ3v) is 6.07. The lowest BCUT2D eigenvalue weighted by atomic mass is 10.5. The summed E-state index contributed by atoms with van der Waals surface area (Å²) in [5.41, 5.74) is 0. The van der Waals surface area contributed by atoms with Crippen LogP contribution in [0.4, 0.5) is 0 Å². The molecule has 0 saturated heterocycles. The van der Waals surface area contributed by atoms with Crippen LogP contribution in [0.25, 0.3) is 0 Å². The molecule has 0 amide bonds. The zero-order chi connectivity index (χ0) is 14.1. The largest absolute Gasteiger partial charge is 0.380 e. The molecule has 0 aliphatic heterocycles. The molecular formula is C10H25NO4S2Si. The zero-order valence-electron chi connectivity index (χ0n) is 11.4. The molecule has 0 heterocycles. The summed E-state index contributed by atoms with van der Waals surface area (Å²) < 4.78 is 34.7. The van der Waals surface area contributed by atoms with Crippen molar-refractivity contribution in [2.45, 2.75) is 32.1 Å². The average Bonchev–Trinajstić information content (AvgIpc) is 2.17. The van der Waals surface area contributed by atoms with Crippen LogP contribution in [0.15, 0.2) is 0 Å². The minimum Gasteiger partial charge on any atom is -0.380 e. The van der Waals surface area contributed by atoms with Crippen LogP contribution in [0.5, 0.6) is 0 Å². The molecule has 8 heteroatoms. The second-order valence-electron chi connectivity index (χ2n) is 5.28. The Morgan fingerprint density at radius 3 is 2.44 bits per heavy atom. The van der Waals surface area contributed by atoms with Crippen LogP contribution in [0.1, 0.15) is 6.42 Å². The lowest BCUT2D eigenvalue weighted by Crippen LogP contribution is -2.23.